The van der Waals surface area contributed by atoms with Crippen LogP contribution in [0, 0.1) is 5.82 Å². The third-order valence-electron chi connectivity index (χ3n) is 5.99. The van der Waals surface area contributed by atoms with Crippen LogP contribution < -0.4 is 0 Å². The highest BCUT2D eigenvalue weighted by atomic mass is 79.9. The molecule has 1 aromatic heterocycles. The number of sulfone groups is 1. The number of benzene rings is 2. The Kier molecular flexibility index (Phi) is 6.99. The second kappa shape index (κ2) is 9.65. The van der Waals surface area contributed by atoms with E-state index in [2.05, 4.69) is 15.9 Å². The van der Waals surface area contributed by atoms with Crippen LogP contribution in [0.5, 0.6) is 5.75 Å². The monoisotopic (exact) mass is 554 g/mol. The van der Waals surface area contributed by atoms with Crippen molar-refractivity contribution in [3.63, 3.8) is 0 Å². The summed E-state index contributed by atoms with van der Waals surface area (Å²) in [5.41, 5.74) is 1.29. The quantitative estimate of drug-likeness (QED) is 0.460. The van der Waals surface area contributed by atoms with Gasteiger partial charge >= 0.3 is 5.97 Å². The standard InChI is InChI=1S/C23H24BrFN2O6S/c1-26-18-10-17(24)22(28)16(11-27-6-8-33-9-7-27)20(18)21(23(29)30)19(26)13-34(31,32)12-14-2-4-15(25)5-3-14/h2-5,10,28H,6-9,11-13H2,1H3,(H,29,30). The smallest absolute Gasteiger partial charge is 0.338 e. The van der Waals surface area contributed by atoms with Crippen LogP contribution in [0.25, 0.3) is 10.9 Å². The van der Waals surface area contributed by atoms with E-state index in [0.717, 1.165) is 0 Å². The third kappa shape index (κ3) is 4.97. The maximum absolute atomic E-state index is 13.2. The largest absolute Gasteiger partial charge is 0.506 e. The van der Waals surface area contributed by atoms with Gasteiger partial charge in [0.05, 0.1) is 40.3 Å². The molecule has 0 bridgehead atoms. The zero-order valence-corrected chi connectivity index (χ0v) is 20.8. The van der Waals surface area contributed by atoms with Crippen LogP contribution in [-0.2, 0) is 39.7 Å². The van der Waals surface area contributed by atoms with Crippen molar-refractivity contribution < 1.29 is 32.6 Å². The number of aryl methyl sites for hydroxylation is 1. The van der Waals surface area contributed by atoms with E-state index in [4.69, 9.17) is 4.74 Å². The number of rotatable bonds is 7. The number of morpholine rings is 1. The van der Waals surface area contributed by atoms with Crippen LogP contribution in [0.4, 0.5) is 4.39 Å². The summed E-state index contributed by atoms with van der Waals surface area (Å²) in [4.78, 5) is 14.4. The van der Waals surface area contributed by atoms with Crippen molar-refractivity contribution in [2.75, 3.05) is 26.3 Å². The molecule has 1 saturated heterocycles. The number of hydrogen-bond acceptors (Lipinski definition) is 6. The number of halogens is 2. The molecular weight excluding hydrogens is 531 g/mol. The average molecular weight is 555 g/mol. The Morgan fingerprint density at radius 2 is 1.82 bits per heavy atom. The molecule has 1 aliphatic rings. The first-order chi connectivity index (χ1) is 16.1. The highest BCUT2D eigenvalue weighted by Crippen LogP contribution is 2.40. The molecule has 11 heteroatoms. The van der Waals surface area contributed by atoms with E-state index in [1.54, 1.807) is 17.7 Å². The van der Waals surface area contributed by atoms with Gasteiger partial charge in [0.2, 0.25) is 0 Å². The molecule has 4 rings (SSSR count). The molecule has 0 spiro atoms. The van der Waals surface area contributed by atoms with E-state index in [9.17, 15) is 27.8 Å². The van der Waals surface area contributed by atoms with Crippen molar-refractivity contribution in [3.05, 3.63) is 63.0 Å². The predicted octanol–water partition coefficient (Wildman–Crippen LogP) is 3.43. The van der Waals surface area contributed by atoms with E-state index in [1.807, 2.05) is 4.90 Å². The predicted molar refractivity (Wildman–Crippen MR) is 128 cm³/mol. The number of aromatic nitrogens is 1. The molecule has 1 aliphatic heterocycles. The van der Waals surface area contributed by atoms with Crippen molar-refractivity contribution in [1.82, 2.24) is 9.47 Å². The Balaban J connectivity index is 1.81. The number of phenolic OH excluding ortho intramolecular Hbond substituents is 1. The summed E-state index contributed by atoms with van der Waals surface area (Å²) < 4.78 is 46.5. The first-order valence-corrected chi connectivity index (χ1v) is 13.2. The second-order valence-electron chi connectivity index (χ2n) is 8.31. The van der Waals surface area contributed by atoms with E-state index in [0.29, 0.717) is 52.8 Å². The highest BCUT2D eigenvalue weighted by Gasteiger charge is 2.29. The average Bonchev–Trinajstić information content (AvgIpc) is 3.04. The molecular formula is C23H24BrFN2O6S. The lowest BCUT2D eigenvalue weighted by atomic mass is 10.0. The summed E-state index contributed by atoms with van der Waals surface area (Å²) in [6.45, 7) is 2.61. The minimum absolute atomic E-state index is 0.0761. The summed E-state index contributed by atoms with van der Waals surface area (Å²) in [7, 11) is -2.18. The summed E-state index contributed by atoms with van der Waals surface area (Å²) in [5, 5.41) is 21.2. The van der Waals surface area contributed by atoms with Gasteiger partial charge in [0.1, 0.15) is 11.6 Å². The zero-order chi connectivity index (χ0) is 24.6. The molecule has 34 heavy (non-hydrogen) atoms. The van der Waals surface area contributed by atoms with Gasteiger partial charge in [-0.1, -0.05) is 12.1 Å². The molecule has 1 fully saturated rings. The fourth-order valence-electron chi connectivity index (χ4n) is 4.31. The molecule has 2 N–H and O–H groups in total. The van der Waals surface area contributed by atoms with Crippen molar-refractivity contribution >= 4 is 42.6 Å². The van der Waals surface area contributed by atoms with Crippen LogP contribution in [0.3, 0.4) is 0 Å². The van der Waals surface area contributed by atoms with Gasteiger partial charge in [-0.2, -0.15) is 0 Å². The minimum Gasteiger partial charge on any atom is -0.506 e. The number of carbonyl (C=O) groups is 1. The summed E-state index contributed by atoms with van der Waals surface area (Å²) in [5.74, 6) is -2.70. The van der Waals surface area contributed by atoms with Gasteiger partial charge in [-0.15, -0.1) is 0 Å². The summed E-state index contributed by atoms with van der Waals surface area (Å²) in [6, 6.07) is 6.74. The Bertz CT molecular complexity index is 1350. The molecule has 0 atom stereocenters. The zero-order valence-electron chi connectivity index (χ0n) is 18.4. The molecule has 0 radical (unpaired) electrons. The van der Waals surface area contributed by atoms with Gasteiger partial charge in [0.25, 0.3) is 0 Å². The van der Waals surface area contributed by atoms with E-state index < -0.39 is 27.4 Å². The third-order valence-corrected chi connectivity index (χ3v) is 8.08. The fraction of sp³-hybridized carbons (Fsp3) is 0.348. The normalized spacial score (nSPS) is 15.1. The molecule has 0 aliphatic carbocycles. The van der Waals surface area contributed by atoms with Crippen molar-refractivity contribution in [2.45, 2.75) is 18.1 Å². The van der Waals surface area contributed by atoms with Crippen molar-refractivity contribution in [3.8, 4) is 5.75 Å². The lowest BCUT2D eigenvalue weighted by Crippen LogP contribution is -2.35. The molecule has 3 aromatic rings. The molecule has 0 amide bonds. The lowest BCUT2D eigenvalue weighted by molar-refractivity contribution is 0.0340. The van der Waals surface area contributed by atoms with Gasteiger partial charge in [-0.25, -0.2) is 17.6 Å². The van der Waals surface area contributed by atoms with Crippen molar-refractivity contribution in [1.29, 1.82) is 0 Å². The molecule has 2 aromatic carbocycles. The Morgan fingerprint density at radius 3 is 2.44 bits per heavy atom. The number of phenols is 1. The first kappa shape index (κ1) is 24.6. The molecule has 2 heterocycles. The molecule has 0 saturated carbocycles. The van der Waals surface area contributed by atoms with Crippen LogP contribution in [0.2, 0.25) is 0 Å². The van der Waals surface area contributed by atoms with Gasteiger partial charge in [0, 0.05) is 43.3 Å². The summed E-state index contributed by atoms with van der Waals surface area (Å²) in [6.07, 6.45) is 0. The van der Waals surface area contributed by atoms with Crippen LogP contribution in [-0.4, -0.2) is 60.4 Å². The second-order valence-corrected chi connectivity index (χ2v) is 11.2. The Morgan fingerprint density at radius 1 is 1.18 bits per heavy atom. The van der Waals surface area contributed by atoms with Gasteiger partial charge in [-0.05, 0) is 39.7 Å². The van der Waals surface area contributed by atoms with E-state index >= 15 is 0 Å². The number of aromatic carboxylic acids is 1. The Hall–Kier alpha value is -2.47. The number of carboxylic acids is 1. The van der Waals surface area contributed by atoms with E-state index in [1.165, 1.54) is 24.3 Å². The first-order valence-electron chi connectivity index (χ1n) is 10.6. The van der Waals surface area contributed by atoms with Crippen molar-refractivity contribution in [2.24, 2.45) is 7.05 Å². The topological polar surface area (TPSA) is 109 Å². The van der Waals surface area contributed by atoms with Crippen LogP contribution in [0.15, 0.2) is 34.8 Å². The molecule has 182 valence electrons. The maximum Gasteiger partial charge on any atom is 0.338 e. The summed E-state index contributed by atoms with van der Waals surface area (Å²) >= 11 is 3.35. The highest BCUT2D eigenvalue weighted by molar-refractivity contribution is 9.10. The molecule has 8 nitrogen and oxygen atoms in total. The SMILES string of the molecule is Cn1c(CS(=O)(=O)Cc2ccc(F)cc2)c(C(=O)O)c2c(CN3CCOCC3)c(O)c(Br)cc21. The fourth-order valence-corrected chi connectivity index (χ4v) is 6.32. The number of hydrogen-bond donors (Lipinski definition) is 2. The number of fused-ring (bicyclic) bond motifs is 1. The number of carboxylic acid groups (broad SMARTS) is 1. The van der Waals surface area contributed by atoms with Gasteiger partial charge < -0.3 is 19.5 Å². The number of ether oxygens (including phenoxy) is 1. The molecule has 0 unspecified atom stereocenters. The minimum atomic E-state index is -3.79. The van der Waals surface area contributed by atoms with Crippen LogP contribution in [0.1, 0.15) is 27.2 Å². The van der Waals surface area contributed by atoms with Crippen LogP contribution >= 0.6 is 15.9 Å². The number of nitrogens with zero attached hydrogens (tertiary/aromatic N) is 2. The van der Waals surface area contributed by atoms with Gasteiger partial charge in [0.15, 0.2) is 9.84 Å². The Labute approximate surface area is 204 Å². The maximum atomic E-state index is 13.2. The van der Waals surface area contributed by atoms with E-state index in [-0.39, 0.29) is 29.3 Å². The van der Waals surface area contributed by atoms with Gasteiger partial charge in [-0.3, -0.25) is 4.90 Å². The lowest BCUT2D eigenvalue weighted by Gasteiger charge is -2.27. The number of aromatic hydroxyl groups is 1.